The highest BCUT2D eigenvalue weighted by atomic mass is 14.8. The normalized spacial score (nSPS) is 12.9. The molecular weight excluding hydrogens is 508 g/mol. The molecule has 2 nitrogen and oxygen atoms in total. The second kappa shape index (κ2) is 10.2. The van der Waals surface area contributed by atoms with E-state index in [2.05, 4.69) is 144 Å². The van der Waals surface area contributed by atoms with Crippen LogP contribution < -0.4 is 5.32 Å². The Morgan fingerprint density at radius 3 is 1.69 bits per heavy atom. The van der Waals surface area contributed by atoms with Gasteiger partial charge in [-0.05, 0) is 126 Å². The Labute approximate surface area is 245 Å². The highest BCUT2D eigenvalue weighted by Gasteiger charge is 2.14. The maximum Gasteiger partial charge on any atom is 0.0334 e. The van der Waals surface area contributed by atoms with Crippen molar-refractivity contribution in [2.75, 3.05) is 6.54 Å². The first-order valence-electron chi connectivity index (χ1n) is 14.4. The molecule has 6 aromatic carbocycles. The first kappa shape index (κ1) is 24.3. The fourth-order valence-corrected chi connectivity index (χ4v) is 6.39. The van der Waals surface area contributed by atoms with Crippen molar-refractivity contribution in [1.29, 1.82) is 0 Å². The monoisotopic (exact) mass is 536 g/mol. The molecule has 0 aliphatic carbocycles. The van der Waals surface area contributed by atoms with Crippen molar-refractivity contribution in [2.24, 2.45) is 0 Å². The summed E-state index contributed by atoms with van der Waals surface area (Å²) in [5.41, 5.74) is 9.65. The van der Waals surface area contributed by atoms with E-state index in [-0.39, 0.29) is 0 Å². The molecular formula is C40H28N2. The van der Waals surface area contributed by atoms with Gasteiger partial charge in [0.1, 0.15) is 0 Å². The second-order valence-electron chi connectivity index (χ2n) is 10.8. The summed E-state index contributed by atoms with van der Waals surface area (Å²) < 4.78 is 0. The van der Waals surface area contributed by atoms with Crippen LogP contribution in [0.3, 0.4) is 0 Å². The van der Waals surface area contributed by atoms with Crippen LogP contribution in [0.5, 0.6) is 0 Å². The molecule has 0 saturated carbocycles. The number of dihydropyridines is 1. The van der Waals surface area contributed by atoms with Gasteiger partial charge in [0, 0.05) is 18.9 Å². The first-order valence-corrected chi connectivity index (χ1v) is 14.4. The van der Waals surface area contributed by atoms with E-state index in [0.717, 1.165) is 12.1 Å². The van der Waals surface area contributed by atoms with Crippen LogP contribution in [-0.4, -0.2) is 11.5 Å². The lowest BCUT2D eigenvalue weighted by Crippen LogP contribution is -2.08. The van der Waals surface area contributed by atoms with Gasteiger partial charge in [-0.1, -0.05) is 91.0 Å². The number of aromatic nitrogens is 1. The lowest BCUT2D eigenvalue weighted by Gasteiger charge is -2.17. The molecule has 198 valence electrons. The number of hydrogen-bond donors (Lipinski definition) is 1. The molecule has 0 unspecified atom stereocenters. The molecule has 1 aliphatic rings. The molecule has 2 heterocycles. The molecule has 42 heavy (non-hydrogen) atoms. The van der Waals surface area contributed by atoms with Crippen molar-refractivity contribution in [3.05, 3.63) is 158 Å². The molecule has 1 N–H and O–H groups in total. The number of fused-ring (bicyclic) bond motifs is 6. The summed E-state index contributed by atoms with van der Waals surface area (Å²) in [5, 5.41) is 11.0. The predicted molar refractivity (Wildman–Crippen MR) is 178 cm³/mol. The van der Waals surface area contributed by atoms with E-state index in [1.807, 2.05) is 18.6 Å². The third-order valence-electron chi connectivity index (χ3n) is 8.39. The maximum atomic E-state index is 4.25. The summed E-state index contributed by atoms with van der Waals surface area (Å²) in [6.45, 7) is 0.830. The zero-order valence-electron chi connectivity index (χ0n) is 23.1. The van der Waals surface area contributed by atoms with Crippen LogP contribution in [0, 0.1) is 0 Å². The number of nitrogens with one attached hydrogen (secondary N) is 1. The summed E-state index contributed by atoms with van der Waals surface area (Å²) in [5.74, 6) is 0. The molecule has 2 heteroatoms. The van der Waals surface area contributed by atoms with Gasteiger partial charge in [-0.25, -0.2) is 0 Å². The van der Waals surface area contributed by atoms with E-state index >= 15 is 0 Å². The highest BCUT2D eigenvalue weighted by Crippen LogP contribution is 2.40. The van der Waals surface area contributed by atoms with E-state index in [0.29, 0.717) is 0 Å². The predicted octanol–water partition coefficient (Wildman–Crippen LogP) is 10.0. The van der Waals surface area contributed by atoms with Crippen molar-refractivity contribution in [2.45, 2.75) is 0 Å². The quantitative estimate of drug-likeness (QED) is 0.226. The molecule has 0 saturated heterocycles. The summed E-state index contributed by atoms with van der Waals surface area (Å²) in [7, 11) is 0. The molecule has 0 amide bonds. The van der Waals surface area contributed by atoms with Gasteiger partial charge in [-0.2, -0.15) is 0 Å². The summed E-state index contributed by atoms with van der Waals surface area (Å²) in [6, 6.07) is 44.4. The molecule has 0 bridgehead atoms. The van der Waals surface area contributed by atoms with Gasteiger partial charge in [-0.15, -0.1) is 0 Å². The summed E-state index contributed by atoms with van der Waals surface area (Å²) >= 11 is 0. The van der Waals surface area contributed by atoms with E-state index in [1.165, 1.54) is 71.3 Å². The van der Waals surface area contributed by atoms with Gasteiger partial charge in [0.25, 0.3) is 0 Å². The largest absolute Gasteiger partial charge is 0.387 e. The van der Waals surface area contributed by atoms with Crippen molar-refractivity contribution >= 4 is 37.9 Å². The van der Waals surface area contributed by atoms with Crippen molar-refractivity contribution in [3.63, 3.8) is 0 Å². The molecule has 0 spiro atoms. The number of pyridine rings is 1. The van der Waals surface area contributed by atoms with Crippen LogP contribution in [0.1, 0.15) is 5.56 Å². The minimum absolute atomic E-state index is 0.830. The van der Waals surface area contributed by atoms with Crippen molar-refractivity contribution in [3.8, 4) is 33.4 Å². The minimum atomic E-state index is 0.830. The lowest BCUT2D eigenvalue weighted by molar-refractivity contribution is 0.976. The van der Waals surface area contributed by atoms with Gasteiger partial charge in [0.2, 0.25) is 0 Å². The second-order valence-corrected chi connectivity index (χ2v) is 10.8. The highest BCUT2D eigenvalue weighted by molar-refractivity contribution is 6.25. The summed E-state index contributed by atoms with van der Waals surface area (Å²) in [4.78, 5) is 4.25. The average Bonchev–Trinajstić information content (AvgIpc) is 3.09. The zero-order chi connectivity index (χ0) is 27.9. The van der Waals surface area contributed by atoms with Crippen molar-refractivity contribution in [1.82, 2.24) is 10.3 Å². The third-order valence-corrected chi connectivity index (χ3v) is 8.39. The van der Waals surface area contributed by atoms with E-state index < -0.39 is 0 Å². The van der Waals surface area contributed by atoms with Gasteiger partial charge in [0.15, 0.2) is 0 Å². The number of allylic oxidation sites excluding steroid dienone is 2. The fraction of sp³-hybridized carbons (Fsp3) is 0.0250. The topological polar surface area (TPSA) is 24.9 Å². The van der Waals surface area contributed by atoms with Gasteiger partial charge in [-0.3, -0.25) is 4.98 Å². The maximum absolute atomic E-state index is 4.25. The standard InChI is InChI=1S/C40H28N2/c1-2-8-34(32-24-30(27-15-19-41-20-16-27)23-31(25-32)28-17-21-42-22-18-28)33(7-1)29-13-14-39-37-11-4-3-9-35(37)36-10-5-6-12-38(36)40(39)26-29/h1-21,23-26,42H,22H2. The van der Waals surface area contributed by atoms with Crippen LogP contribution >= 0.6 is 0 Å². The molecule has 0 fully saturated rings. The fourth-order valence-electron chi connectivity index (χ4n) is 6.39. The van der Waals surface area contributed by atoms with E-state index in [4.69, 9.17) is 0 Å². The van der Waals surface area contributed by atoms with Gasteiger partial charge < -0.3 is 5.32 Å². The van der Waals surface area contributed by atoms with Crippen molar-refractivity contribution < 1.29 is 0 Å². The lowest BCUT2D eigenvalue weighted by atomic mass is 9.88. The van der Waals surface area contributed by atoms with Crippen LogP contribution in [0.2, 0.25) is 0 Å². The van der Waals surface area contributed by atoms with E-state index in [1.54, 1.807) is 0 Å². The average molecular weight is 537 g/mol. The Kier molecular flexibility index (Phi) is 5.89. The van der Waals surface area contributed by atoms with Crippen LogP contribution in [0.15, 0.2) is 152 Å². The first-order chi connectivity index (χ1) is 20.8. The number of rotatable bonds is 4. The van der Waals surface area contributed by atoms with Gasteiger partial charge >= 0.3 is 0 Å². The summed E-state index contributed by atoms with van der Waals surface area (Å²) in [6.07, 6.45) is 10.2. The minimum Gasteiger partial charge on any atom is -0.387 e. The smallest absolute Gasteiger partial charge is 0.0334 e. The Bertz CT molecular complexity index is 2150. The van der Waals surface area contributed by atoms with Crippen LogP contribution in [0.4, 0.5) is 0 Å². The molecule has 8 rings (SSSR count). The third kappa shape index (κ3) is 4.17. The molecule has 0 radical (unpaired) electrons. The number of nitrogens with zero attached hydrogens (tertiary/aromatic N) is 1. The molecule has 0 atom stereocenters. The SMILES string of the molecule is C1=CC(c2cc(-c3ccncc3)cc(-c3ccccc3-c3ccc4c5ccccc5c5ccccc5c4c3)c2)=CCN1. The molecule has 1 aliphatic heterocycles. The Morgan fingerprint density at radius 1 is 0.452 bits per heavy atom. The number of hydrogen-bond acceptors (Lipinski definition) is 2. The Hall–Kier alpha value is -5.47. The van der Waals surface area contributed by atoms with Crippen LogP contribution in [-0.2, 0) is 0 Å². The zero-order valence-corrected chi connectivity index (χ0v) is 23.1. The van der Waals surface area contributed by atoms with Gasteiger partial charge in [0.05, 0.1) is 0 Å². The van der Waals surface area contributed by atoms with E-state index in [9.17, 15) is 0 Å². The Balaban J connectivity index is 1.35. The Morgan fingerprint density at radius 2 is 1.02 bits per heavy atom. The molecule has 7 aromatic rings. The molecule has 1 aromatic heterocycles. The number of benzene rings is 6. The van der Waals surface area contributed by atoms with Crippen LogP contribution in [0.25, 0.3) is 71.3 Å².